The molecule has 0 amide bonds. The molecule has 4 heteroatoms. The molecule has 21 heavy (non-hydrogen) atoms. The van der Waals surface area contributed by atoms with Gasteiger partial charge in [0.2, 0.25) is 0 Å². The minimum atomic E-state index is 0.437. The molecule has 0 bridgehead atoms. The lowest BCUT2D eigenvalue weighted by atomic mass is 9.92. The molecule has 0 saturated heterocycles. The van der Waals surface area contributed by atoms with Gasteiger partial charge in [0.05, 0.1) is 0 Å². The van der Waals surface area contributed by atoms with Gasteiger partial charge >= 0.3 is 0 Å². The molecule has 4 nitrogen and oxygen atoms in total. The molecule has 1 fully saturated rings. The number of hydrogen-bond donors (Lipinski definition) is 2. The summed E-state index contributed by atoms with van der Waals surface area (Å²) in [6, 6.07) is 11.7. The van der Waals surface area contributed by atoms with Crippen LogP contribution in [0.4, 0.5) is 11.6 Å². The fourth-order valence-electron chi connectivity index (χ4n) is 2.66. The predicted octanol–water partition coefficient (Wildman–Crippen LogP) is 3.57. The maximum Gasteiger partial charge on any atom is 0.163 e. The molecule has 0 spiro atoms. The molecule has 1 saturated carbocycles. The van der Waals surface area contributed by atoms with Crippen LogP contribution in [0.2, 0.25) is 0 Å². The maximum absolute atomic E-state index is 5.92. The zero-order valence-electron chi connectivity index (χ0n) is 12.6. The van der Waals surface area contributed by atoms with E-state index in [0.717, 1.165) is 17.9 Å². The summed E-state index contributed by atoms with van der Waals surface area (Å²) in [5.74, 6) is 2.68. The van der Waals surface area contributed by atoms with E-state index in [-0.39, 0.29) is 0 Å². The molecule has 3 N–H and O–H groups in total. The first-order valence-corrected chi connectivity index (χ1v) is 7.53. The van der Waals surface area contributed by atoms with Gasteiger partial charge in [0.1, 0.15) is 11.6 Å². The number of nitrogen functional groups attached to an aromatic ring is 1. The van der Waals surface area contributed by atoms with Gasteiger partial charge < -0.3 is 11.1 Å². The third-order valence-electron chi connectivity index (χ3n) is 4.52. The normalized spacial score (nSPS) is 16.0. The number of nitrogens with one attached hydrogen (secondary N) is 1. The molecule has 1 aliphatic rings. The van der Waals surface area contributed by atoms with E-state index in [2.05, 4.69) is 29.1 Å². The fourth-order valence-corrected chi connectivity index (χ4v) is 2.66. The van der Waals surface area contributed by atoms with Gasteiger partial charge in [-0.3, -0.25) is 0 Å². The van der Waals surface area contributed by atoms with Gasteiger partial charge in [-0.05, 0) is 24.2 Å². The molecule has 0 unspecified atom stereocenters. The van der Waals surface area contributed by atoms with Crippen LogP contribution in [0.15, 0.2) is 36.4 Å². The quantitative estimate of drug-likeness (QED) is 0.880. The average molecular weight is 282 g/mol. The van der Waals surface area contributed by atoms with Gasteiger partial charge in [-0.15, -0.1) is 0 Å². The molecular weight excluding hydrogens is 260 g/mol. The van der Waals surface area contributed by atoms with Crippen LogP contribution < -0.4 is 11.1 Å². The van der Waals surface area contributed by atoms with E-state index in [1.54, 1.807) is 0 Å². The summed E-state index contributed by atoms with van der Waals surface area (Å²) in [6.45, 7) is 5.53. The number of nitrogens with two attached hydrogens (primary N) is 1. The molecule has 2 aromatic rings. The summed E-state index contributed by atoms with van der Waals surface area (Å²) in [5, 5.41) is 3.45. The smallest absolute Gasteiger partial charge is 0.163 e. The lowest BCUT2D eigenvalue weighted by Gasteiger charge is -2.20. The van der Waals surface area contributed by atoms with Gasteiger partial charge in [0.15, 0.2) is 5.82 Å². The van der Waals surface area contributed by atoms with Crippen LogP contribution in [0, 0.1) is 11.3 Å². The van der Waals surface area contributed by atoms with Crippen LogP contribution in [-0.2, 0) is 0 Å². The Balaban J connectivity index is 1.79. The molecule has 0 aliphatic heterocycles. The van der Waals surface area contributed by atoms with Gasteiger partial charge in [-0.25, -0.2) is 9.97 Å². The highest BCUT2D eigenvalue weighted by Crippen LogP contribution is 2.51. The fraction of sp³-hybridized carbons (Fsp3) is 0.412. The van der Waals surface area contributed by atoms with Crippen molar-refractivity contribution in [3.8, 4) is 11.4 Å². The van der Waals surface area contributed by atoms with E-state index in [1.807, 2.05) is 36.4 Å². The Morgan fingerprint density at radius 2 is 1.90 bits per heavy atom. The number of nitrogens with zero attached hydrogens (tertiary/aromatic N) is 2. The largest absolute Gasteiger partial charge is 0.384 e. The van der Waals surface area contributed by atoms with Gasteiger partial charge in [0.25, 0.3) is 0 Å². The standard InChI is InChI=1S/C17H22N4/c1-12(2)17(8-9-17)11-19-15-10-14(18)20-16(21-15)13-6-4-3-5-7-13/h3-7,10,12H,8-9,11H2,1-2H3,(H3,18,19,20,21). The highest BCUT2D eigenvalue weighted by Gasteiger charge is 2.44. The summed E-state index contributed by atoms with van der Waals surface area (Å²) in [7, 11) is 0. The van der Waals surface area contributed by atoms with Crippen molar-refractivity contribution in [2.24, 2.45) is 11.3 Å². The third-order valence-corrected chi connectivity index (χ3v) is 4.52. The lowest BCUT2D eigenvalue weighted by Crippen LogP contribution is -2.21. The van der Waals surface area contributed by atoms with E-state index in [9.17, 15) is 0 Å². The van der Waals surface area contributed by atoms with Gasteiger partial charge in [-0.2, -0.15) is 0 Å². The van der Waals surface area contributed by atoms with Crippen molar-refractivity contribution >= 4 is 11.6 Å². The van der Waals surface area contributed by atoms with Crippen molar-refractivity contribution in [3.05, 3.63) is 36.4 Å². The number of rotatable bonds is 5. The minimum Gasteiger partial charge on any atom is -0.384 e. The number of hydrogen-bond acceptors (Lipinski definition) is 4. The van der Waals surface area contributed by atoms with E-state index < -0.39 is 0 Å². The lowest BCUT2D eigenvalue weighted by molar-refractivity contribution is 0.380. The number of anilines is 2. The van der Waals surface area contributed by atoms with E-state index in [1.165, 1.54) is 12.8 Å². The Kier molecular flexibility index (Phi) is 3.53. The van der Waals surface area contributed by atoms with E-state index in [0.29, 0.717) is 23.0 Å². The topological polar surface area (TPSA) is 63.8 Å². The molecule has 0 radical (unpaired) electrons. The van der Waals surface area contributed by atoms with Crippen molar-refractivity contribution in [2.45, 2.75) is 26.7 Å². The first-order valence-electron chi connectivity index (χ1n) is 7.53. The number of aromatic nitrogens is 2. The second-order valence-electron chi connectivity index (χ2n) is 6.24. The van der Waals surface area contributed by atoms with Crippen molar-refractivity contribution < 1.29 is 0 Å². The summed E-state index contributed by atoms with van der Waals surface area (Å²) in [6.07, 6.45) is 2.59. The van der Waals surface area contributed by atoms with Crippen LogP contribution in [0.3, 0.4) is 0 Å². The summed E-state index contributed by atoms with van der Waals surface area (Å²) < 4.78 is 0. The predicted molar refractivity (Wildman–Crippen MR) is 86.9 cm³/mol. The molecule has 1 aromatic heterocycles. The molecule has 1 aromatic carbocycles. The van der Waals surface area contributed by atoms with Gasteiger partial charge in [0, 0.05) is 18.2 Å². The molecular formula is C17H22N4. The molecule has 0 atom stereocenters. The Labute approximate surface area is 125 Å². The summed E-state index contributed by atoms with van der Waals surface area (Å²) in [4.78, 5) is 8.92. The van der Waals surface area contributed by atoms with Crippen molar-refractivity contribution in [1.82, 2.24) is 9.97 Å². The van der Waals surface area contributed by atoms with E-state index in [4.69, 9.17) is 5.73 Å². The summed E-state index contributed by atoms with van der Waals surface area (Å²) in [5.41, 5.74) is 7.34. The van der Waals surface area contributed by atoms with Crippen molar-refractivity contribution in [1.29, 1.82) is 0 Å². The highest BCUT2D eigenvalue weighted by atomic mass is 15.1. The van der Waals surface area contributed by atoms with E-state index >= 15 is 0 Å². The maximum atomic E-state index is 5.92. The second-order valence-corrected chi connectivity index (χ2v) is 6.24. The Bertz CT molecular complexity index is 618. The molecule has 3 rings (SSSR count). The molecule has 1 heterocycles. The second kappa shape index (κ2) is 5.35. The van der Waals surface area contributed by atoms with Crippen LogP contribution in [0.1, 0.15) is 26.7 Å². The minimum absolute atomic E-state index is 0.437. The highest BCUT2D eigenvalue weighted by molar-refractivity contribution is 5.60. The van der Waals surface area contributed by atoms with Crippen LogP contribution in [0.5, 0.6) is 0 Å². The average Bonchev–Trinajstić information content (AvgIpc) is 3.27. The first-order chi connectivity index (χ1) is 10.1. The third kappa shape index (κ3) is 2.99. The Morgan fingerprint density at radius 3 is 2.52 bits per heavy atom. The van der Waals surface area contributed by atoms with Crippen LogP contribution >= 0.6 is 0 Å². The zero-order valence-corrected chi connectivity index (χ0v) is 12.6. The number of benzene rings is 1. The molecule has 110 valence electrons. The monoisotopic (exact) mass is 282 g/mol. The van der Waals surface area contributed by atoms with Gasteiger partial charge in [-0.1, -0.05) is 44.2 Å². The zero-order chi connectivity index (χ0) is 14.9. The van der Waals surface area contributed by atoms with Crippen molar-refractivity contribution in [3.63, 3.8) is 0 Å². The first kappa shape index (κ1) is 13.9. The summed E-state index contributed by atoms with van der Waals surface area (Å²) >= 11 is 0. The van der Waals surface area contributed by atoms with Crippen LogP contribution in [0.25, 0.3) is 11.4 Å². The Hall–Kier alpha value is -2.10. The van der Waals surface area contributed by atoms with Crippen LogP contribution in [-0.4, -0.2) is 16.5 Å². The Morgan fingerprint density at radius 1 is 1.19 bits per heavy atom. The molecule has 1 aliphatic carbocycles. The SMILES string of the molecule is CC(C)C1(CNc2cc(N)nc(-c3ccccc3)n2)CC1. The van der Waals surface area contributed by atoms with Crippen molar-refractivity contribution in [2.75, 3.05) is 17.6 Å².